The number of amides is 1. The summed E-state index contributed by atoms with van der Waals surface area (Å²) in [5.74, 6) is -0.107. The van der Waals surface area contributed by atoms with Crippen molar-refractivity contribution < 1.29 is 24.5 Å². The van der Waals surface area contributed by atoms with E-state index in [1.54, 1.807) is 0 Å². The Kier molecular flexibility index (Phi) is 54.5. The molecule has 0 saturated carbocycles. The maximum atomic E-state index is 12.5. The van der Waals surface area contributed by atoms with E-state index in [0.717, 1.165) is 77.0 Å². The number of ether oxygens (including phenoxy) is 1. The van der Waals surface area contributed by atoms with Crippen molar-refractivity contribution in [3.63, 3.8) is 0 Å². The van der Waals surface area contributed by atoms with E-state index in [2.05, 4.69) is 43.5 Å². The molecule has 0 saturated heterocycles. The fraction of sp³-hybridized carbons (Fsp3) is 0.900. The van der Waals surface area contributed by atoms with Crippen LogP contribution in [-0.4, -0.2) is 47.4 Å². The average Bonchev–Trinajstić information content (AvgIpc) is 3.32. The van der Waals surface area contributed by atoms with Gasteiger partial charge in [0.2, 0.25) is 5.91 Å². The van der Waals surface area contributed by atoms with Crippen molar-refractivity contribution >= 4 is 11.9 Å². The van der Waals surface area contributed by atoms with Crippen LogP contribution in [0, 0.1) is 0 Å². The van der Waals surface area contributed by atoms with Crippen LogP contribution in [0.1, 0.15) is 322 Å². The number of carbonyl (C=O) groups excluding carboxylic acids is 2. The van der Waals surface area contributed by atoms with E-state index in [9.17, 15) is 19.8 Å². The SMILES string of the molecule is CCCCCCCC/C=C\CCCCCCCCCC(=O)OCCCC/C=C\CCCCCCC(=O)NC(CO)C(O)CCCCCCCCCCCCCCCCCCCCCCCC. The van der Waals surface area contributed by atoms with Gasteiger partial charge in [0.25, 0.3) is 0 Å². The van der Waals surface area contributed by atoms with Gasteiger partial charge in [-0.15, -0.1) is 0 Å². The van der Waals surface area contributed by atoms with Crippen molar-refractivity contribution in [2.75, 3.05) is 13.2 Å². The topological polar surface area (TPSA) is 95.9 Å². The Bertz CT molecular complexity index is 1030. The number of rotatable bonds is 55. The first-order chi connectivity index (χ1) is 32.5. The number of allylic oxidation sites excluding steroid dienone is 4. The minimum absolute atomic E-state index is 0.0388. The minimum Gasteiger partial charge on any atom is -0.466 e. The summed E-state index contributed by atoms with van der Waals surface area (Å²) in [5, 5.41) is 23.3. The second kappa shape index (κ2) is 55.9. The summed E-state index contributed by atoms with van der Waals surface area (Å²) < 4.78 is 5.45. The summed E-state index contributed by atoms with van der Waals surface area (Å²) in [6.45, 7) is 4.88. The van der Waals surface area contributed by atoms with Crippen molar-refractivity contribution in [1.29, 1.82) is 0 Å². The quantitative estimate of drug-likeness (QED) is 0.0321. The number of aliphatic hydroxyl groups is 2. The van der Waals surface area contributed by atoms with Crippen LogP contribution in [-0.2, 0) is 14.3 Å². The van der Waals surface area contributed by atoms with Gasteiger partial charge in [-0.25, -0.2) is 0 Å². The fourth-order valence-electron chi connectivity index (χ4n) is 9.16. The van der Waals surface area contributed by atoms with E-state index in [0.29, 0.717) is 25.9 Å². The predicted octanol–water partition coefficient (Wildman–Crippen LogP) is 18.2. The second-order valence-corrected chi connectivity index (χ2v) is 20.3. The minimum atomic E-state index is -0.687. The van der Waals surface area contributed by atoms with Gasteiger partial charge < -0.3 is 20.3 Å². The monoisotopic (exact) mass is 930 g/mol. The highest BCUT2D eigenvalue weighted by atomic mass is 16.5. The van der Waals surface area contributed by atoms with E-state index in [1.165, 1.54) is 212 Å². The number of hydrogen-bond donors (Lipinski definition) is 3. The molecule has 0 rings (SSSR count). The molecule has 3 N–H and O–H groups in total. The number of nitrogens with one attached hydrogen (secondary N) is 1. The first kappa shape index (κ1) is 64.3. The van der Waals surface area contributed by atoms with E-state index < -0.39 is 12.1 Å². The number of carbonyl (C=O) groups is 2. The molecule has 0 fully saturated rings. The molecule has 0 aromatic rings. The summed E-state index contributed by atoms with van der Waals surface area (Å²) in [4.78, 5) is 24.6. The Hall–Kier alpha value is -1.66. The number of unbranched alkanes of at least 4 members (excludes halogenated alkanes) is 40. The number of esters is 1. The molecule has 1 amide bonds. The van der Waals surface area contributed by atoms with Gasteiger partial charge in [-0.3, -0.25) is 9.59 Å². The van der Waals surface area contributed by atoms with E-state index >= 15 is 0 Å². The van der Waals surface area contributed by atoms with Gasteiger partial charge in [0.1, 0.15) is 0 Å². The van der Waals surface area contributed by atoms with Crippen LogP contribution in [0.25, 0.3) is 0 Å². The number of hydrogen-bond acceptors (Lipinski definition) is 5. The summed E-state index contributed by atoms with van der Waals surface area (Å²) in [5.41, 5.74) is 0. The van der Waals surface area contributed by atoms with E-state index in [-0.39, 0.29) is 18.5 Å². The van der Waals surface area contributed by atoms with Crippen LogP contribution in [0.5, 0.6) is 0 Å². The molecule has 390 valence electrons. The molecule has 6 nitrogen and oxygen atoms in total. The van der Waals surface area contributed by atoms with Crippen molar-refractivity contribution in [1.82, 2.24) is 5.32 Å². The normalized spacial score (nSPS) is 12.7. The van der Waals surface area contributed by atoms with Crippen LogP contribution >= 0.6 is 0 Å². The van der Waals surface area contributed by atoms with Gasteiger partial charge in [0.05, 0.1) is 25.4 Å². The van der Waals surface area contributed by atoms with Crippen molar-refractivity contribution in [2.45, 2.75) is 334 Å². The zero-order valence-electron chi connectivity index (χ0n) is 44.4. The Morgan fingerprint density at radius 2 is 0.712 bits per heavy atom. The zero-order valence-corrected chi connectivity index (χ0v) is 44.4. The lowest BCUT2D eigenvalue weighted by molar-refractivity contribution is -0.143. The molecule has 0 radical (unpaired) electrons. The lowest BCUT2D eigenvalue weighted by Crippen LogP contribution is -2.45. The first-order valence-electron chi connectivity index (χ1n) is 29.6. The van der Waals surface area contributed by atoms with E-state index in [1.807, 2.05) is 0 Å². The maximum Gasteiger partial charge on any atom is 0.305 e. The Balaban J connectivity index is 3.50. The fourth-order valence-corrected chi connectivity index (χ4v) is 9.16. The van der Waals surface area contributed by atoms with Crippen molar-refractivity contribution in [2.24, 2.45) is 0 Å². The molecular formula is C60H115NO5. The maximum absolute atomic E-state index is 12.5. The van der Waals surface area contributed by atoms with Crippen LogP contribution in [0.15, 0.2) is 24.3 Å². The van der Waals surface area contributed by atoms with Gasteiger partial charge in [-0.2, -0.15) is 0 Å². The zero-order chi connectivity index (χ0) is 47.9. The largest absolute Gasteiger partial charge is 0.466 e. The van der Waals surface area contributed by atoms with Crippen molar-refractivity contribution in [3.05, 3.63) is 24.3 Å². The molecular weight excluding hydrogens is 815 g/mol. The summed E-state index contributed by atoms with van der Waals surface area (Å²) in [6, 6.07) is -0.568. The molecule has 0 aromatic carbocycles. The Labute approximate surface area is 411 Å². The third kappa shape index (κ3) is 51.7. The molecule has 6 heteroatoms. The van der Waals surface area contributed by atoms with Gasteiger partial charge in [-0.05, 0) is 77.0 Å². The summed E-state index contributed by atoms with van der Waals surface area (Å²) >= 11 is 0. The molecule has 0 aromatic heterocycles. The highest BCUT2D eigenvalue weighted by Crippen LogP contribution is 2.17. The highest BCUT2D eigenvalue weighted by molar-refractivity contribution is 5.76. The highest BCUT2D eigenvalue weighted by Gasteiger charge is 2.20. The first-order valence-corrected chi connectivity index (χ1v) is 29.6. The van der Waals surface area contributed by atoms with Crippen molar-refractivity contribution in [3.8, 4) is 0 Å². The summed E-state index contributed by atoms with van der Waals surface area (Å²) in [6.07, 6.45) is 67.5. The molecule has 66 heavy (non-hydrogen) atoms. The smallest absolute Gasteiger partial charge is 0.305 e. The van der Waals surface area contributed by atoms with Gasteiger partial charge in [0.15, 0.2) is 0 Å². The lowest BCUT2D eigenvalue weighted by Gasteiger charge is -2.22. The van der Waals surface area contributed by atoms with Crippen LogP contribution in [0.4, 0.5) is 0 Å². The molecule has 0 aliphatic carbocycles. The molecule has 2 unspecified atom stereocenters. The standard InChI is InChI=1S/C60H115NO5/c1-3-5-7-9-11-13-15-17-19-21-22-23-24-25-27-28-30-32-36-40-44-48-52-58(63)57(56-62)61-59(64)53-49-45-41-37-34-35-39-43-47-51-55-66-60(65)54-50-46-42-38-33-31-29-26-20-18-16-14-12-10-8-6-4-2/h18,20,35,39,57-58,62-63H,3-17,19,21-34,36-38,40-56H2,1-2H3,(H,61,64)/b20-18-,39-35-. The third-order valence-electron chi connectivity index (χ3n) is 13.7. The molecule has 0 aliphatic heterocycles. The average molecular weight is 931 g/mol. The number of aliphatic hydroxyl groups excluding tert-OH is 2. The van der Waals surface area contributed by atoms with Gasteiger partial charge in [0, 0.05) is 12.8 Å². The van der Waals surface area contributed by atoms with Crippen LogP contribution < -0.4 is 5.32 Å². The molecule has 0 aliphatic rings. The third-order valence-corrected chi connectivity index (χ3v) is 13.7. The van der Waals surface area contributed by atoms with Crippen LogP contribution in [0.3, 0.4) is 0 Å². The van der Waals surface area contributed by atoms with E-state index in [4.69, 9.17) is 4.74 Å². The molecule has 0 bridgehead atoms. The lowest BCUT2D eigenvalue weighted by atomic mass is 10.0. The predicted molar refractivity (Wildman–Crippen MR) is 287 cm³/mol. The molecule has 0 heterocycles. The molecule has 2 atom stereocenters. The van der Waals surface area contributed by atoms with Gasteiger partial charge >= 0.3 is 5.97 Å². The Morgan fingerprint density at radius 1 is 0.409 bits per heavy atom. The second-order valence-electron chi connectivity index (χ2n) is 20.3. The Morgan fingerprint density at radius 3 is 1.08 bits per heavy atom. The van der Waals surface area contributed by atoms with Crippen LogP contribution in [0.2, 0.25) is 0 Å². The molecule has 0 spiro atoms. The summed E-state index contributed by atoms with van der Waals surface area (Å²) in [7, 11) is 0. The van der Waals surface area contributed by atoms with Gasteiger partial charge in [-0.1, -0.05) is 256 Å².